The highest BCUT2D eigenvalue weighted by atomic mass is 32.2. The Morgan fingerprint density at radius 3 is 1.90 bits per heavy atom. The second kappa shape index (κ2) is 10.2. The third-order valence-corrected chi connectivity index (χ3v) is 5.51. The van der Waals surface area contributed by atoms with Crippen molar-refractivity contribution in [2.24, 2.45) is 0 Å². The number of aliphatic hydroxyl groups is 1. The highest BCUT2D eigenvalue weighted by Gasteiger charge is 2.51. The molecule has 1 aliphatic heterocycles. The summed E-state index contributed by atoms with van der Waals surface area (Å²) in [6, 6.07) is 5.87. The normalized spacial score (nSPS) is 26.0. The number of benzene rings is 1. The number of hydrogen-bond donors (Lipinski definition) is 1. The standard InChI is InChI=1S/C19H24O11S/c1-10-5-7-14(8-6-10)31(24,25)26-9-15-16(27-11(2)20)17(28-12(3)21)18(19(23)30-15)29-13(4)22/h5-8,15-19,23H,9H2,1-4H3/t15-,16-,17+,18+,19-/m1/s1. The highest BCUT2D eigenvalue weighted by Crippen LogP contribution is 2.29. The maximum absolute atomic E-state index is 12.5. The molecule has 1 heterocycles. The van der Waals surface area contributed by atoms with Crippen LogP contribution in [0.1, 0.15) is 26.3 Å². The SMILES string of the molecule is CC(=O)O[C@@H]1[C@H](OC(C)=O)[C@H](O)O[C@H](COS(=O)(=O)c2ccc(C)cc2)[C@H]1OC(C)=O. The van der Waals surface area contributed by atoms with Crippen LogP contribution in [-0.2, 0) is 47.6 Å². The summed E-state index contributed by atoms with van der Waals surface area (Å²) in [6.07, 6.45) is -7.59. The van der Waals surface area contributed by atoms with Crippen LogP contribution in [0.4, 0.5) is 0 Å². The van der Waals surface area contributed by atoms with E-state index in [1.807, 2.05) is 0 Å². The lowest BCUT2D eigenvalue weighted by atomic mass is 9.98. The summed E-state index contributed by atoms with van der Waals surface area (Å²) in [5, 5.41) is 10.3. The zero-order valence-corrected chi connectivity index (χ0v) is 18.2. The number of ether oxygens (including phenoxy) is 4. The van der Waals surface area contributed by atoms with E-state index in [4.69, 9.17) is 23.1 Å². The van der Waals surface area contributed by atoms with Gasteiger partial charge in [0.25, 0.3) is 10.1 Å². The smallest absolute Gasteiger partial charge is 0.303 e. The predicted molar refractivity (Wildman–Crippen MR) is 102 cm³/mol. The highest BCUT2D eigenvalue weighted by molar-refractivity contribution is 7.86. The average Bonchev–Trinajstić information content (AvgIpc) is 2.65. The van der Waals surface area contributed by atoms with Crippen molar-refractivity contribution >= 4 is 28.0 Å². The molecule has 1 aliphatic rings. The summed E-state index contributed by atoms with van der Waals surface area (Å²) in [5.41, 5.74) is 0.841. The third-order valence-electron chi connectivity index (χ3n) is 4.21. The summed E-state index contributed by atoms with van der Waals surface area (Å²) in [7, 11) is -4.21. The molecule has 0 aliphatic carbocycles. The molecule has 0 aromatic heterocycles. The molecule has 1 aromatic carbocycles. The van der Waals surface area contributed by atoms with Crippen molar-refractivity contribution in [2.45, 2.75) is 63.3 Å². The number of carbonyl (C=O) groups excluding carboxylic acids is 3. The molecule has 0 bridgehead atoms. The van der Waals surface area contributed by atoms with Crippen LogP contribution in [-0.4, -0.2) is 68.7 Å². The van der Waals surface area contributed by atoms with Crippen molar-refractivity contribution in [3.63, 3.8) is 0 Å². The second-order valence-electron chi connectivity index (χ2n) is 6.84. The fraction of sp³-hybridized carbons (Fsp3) is 0.526. The van der Waals surface area contributed by atoms with Gasteiger partial charge in [-0.25, -0.2) is 0 Å². The maximum atomic E-state index is 12.5. The largest absolute Gasteiger partial charge is 0.456 e. The quantitative estimate of drug-likeness (QED) is 0.338. The predicted octanol–water partition coefficient (Wildman–Crippen LogP) is 0.213. The molecule has 1 aromatic rings. The van der Waals surface area contributed by atoms with Crippen molar-refractivity contribution in [1.82, 2.24) is 0 Å². The first-order valence-electron chi connectivity index (χ1n) is 9.22. The average molecular weight is 460 g/mol. The molecule has 12 heteroatoms. The summed E-state index contributed by atoms with van der Waals surface area (Å²) in [4.78, 5) is 34.4. The van der Waals surface area contributed by atoms with Crippen LogP contribution >= 0.6 is 0 Å². The molecule has 5 atom stereocenters. The Bertz CT molecular complexity index is 909. The molecule has 1 fully saturated rings. The fourth-order valence-corrected chi connectivity index (χ4v) is 3.85. The Hall–Kier alpha value is -2.54. The molecule has 2 rings (SSSR count). The number of aliphatic hydroxyl groups excluding tert-OH is 1. The van der Waals surface area contributed by atoms with E-state index in [-0.39, 0.29) is 4.90 Å². The lowest BCUT2D eigenvalue weighted by Crippen LogP contribution is -2.62. The Morgan fingerprint density at radius 1 is 0.903 bits per heavy atom. The Balaban J connectivity index is 2.29. The summed E-state index contributed by atoms with van der Waals surface area (Å²) in [6.45, 7) is 4.28. The van der Waals surface area contributed by atoms with Crippen LogP contribution in [0.15, 0.2) is 29.2 Å². The molecule has 0 radical (unpaired) electrons. The second-order valence-corrected chi connectivity index (χ2v) is 8.45. The molecule has 31 heavy (non-hydrogen) atoms. The number of carbonyl (C=O) groups is 3. The first-order valence-corrected chi connectivity index (χ1v) is 10.6. The zero-order chi connectivity index (χ0) is 23.3. The zero-order valence-electron chi connectivity index (χ0n) is 17.3. The van der Waals surface area contributed by atoms with Gasteiger partial charge in [0, 0.05) is 20.8 Å². The van der Waals surface area contributed by atoms with Gasteiger partial charge in [0.05, 0.1) is 11.5 Å². The molecule has 0 saturated carbocycles. The van der Waals surface area contributed by atoms with Crippen molar-refractivity contribution in [3.05, 3.63) is 29.8 Å². The topological polar surface area (TPSA) is 152 Å². The van der Waals surface area contributed by atoms with Gasteiger partial charge >= 0.3 is 17.9 Å². The van der Waals surface area contributed by atoms with Crippen molar-refractivity contribution in [2.75, 3.05) is 6.61 Å². The van der Waals surface area contributed by atoms with Crippen LogP contribution < -0.4 is 0 Å². The van der Waals surface area contributed by atoms with E-state index in [1.54, 1.807) is 19.1 Å². The Kier molecular flexibility index (Phi) is 8.12. The molecule has 0 amide bonds. The molecule has 1 saturated heterocycles. The summed E-state index contributed by atoms with van der Waals surface area (Å²) < 4.78 is 50.5. The lowest BCUT2D eigenvalue weighted by Gasteiger charge is -2.42. The third kappa shape index (κ3) is 6.72. The Morgan fingerprint density at radius 2 is 1.39 bits per heavy atom. The van der Waals surface area contributed by atoms with E-state index >= 15 is 0 Å². The van der Waals surface area contributed by atoms with Gasteiger partial charge in [-0.3, -0.25) is 18.6 Å². The minimum absolute atomic E-state index is 0.118. The van der Waals surface area contributed by atoms with E-state index in [9.17, 15) is 27.9 Å². The summed E-state index contributed by atoms with van der Waals surface area (Å²) >= 11 is 0. The number of aryl methyl sites for hydroxylation is 1. The van der Waals surface area contributed by atoms with Gasteiger partial charge in [0.2, 0.25) is 0 Å². The van der Waals surface area contributed by atoms with E-state index in [1.165, 1.54) is 12.1 Å². The summed E-state index contributed by atoms with van der Waals surface area (Å²) in [5.74, 6) is -2.45. The van der Waals surface area contributed by atoms with Gasteiger partial charge in [-0.1, -0.05) is 17.7 Å². The van der Waals surface area contributed by atoms with Crippen LogP contribution in [0.5, 0.6) is 0 Å². The van der Waals surface area contributed by atoms with Crippen molar-refractivity contribution in [1.29, 1.82) is 0 Å². The fourth-order valence-electron chi connectivity index (χ4n) is 2.94. The molecule has 172 valence electrons. The van der Waals surface area contributed by atoms with E-state index in [0.29, 0.717) is 0 Å². The van der Waals surface area contributed by atoms with Gasteiger partial charge in [-0.05, 0) is 19.1 Å². The molecule has 11 nitrogen and oxygen atoms in total. The van der Waals surface area contributed by atoms with Crippen molar-refractivity contribution in [3.8, 4) is 0 Å². The van der Waals surface area contributed by atoms with Crippen molar-refractivity contribution < 1.29 is 51.0 Å². The molecular formula is C19H24O11S. The first kappa shape index (κ1) is 24.7. The molecule has 0 spiro atoms. The molecular weight excluding hydrogens is 436 g/mol. The molecule has 1 N–H and O–H groups in total. The number of hydrogen-bond acceptors (Lipinski definition) is 11. The number of rotatable bonds is 7. The van der Waals surface area contributed by atoms with E-state index in [2.05, 4.69) is 0 Å². The van der Waals surface area contributed by atoms with Gasteiger partial charge < -0.3 is 24.1 Å². The van der Waals surface area contributed by atoms with E-state index < -0.39 is 65.3 Å². The van der Waals surface area contributed by atoms with Crippen LogP contribution in [0.3, 0.4) is 0 Å². The van der Waals surface area contributed by atoms with Gasteiger partial charge in [0.1, 0.15) is 6.10 Å². The van der Waals surface area contributed by atoms with Crippen LogP contribution in [0, 0.1) is 6.92 Å². The lowest BCUT2D eigenvalue weighted by molar-refractivity contribution is -0.294. The number of esters is 3. The van der Waals surface area contributed by atoms with Gasteiger partial charge in [-0.2, -0.15) is 8.42 Å². The minimum Gasteiger partial charge on any atom is -0.456 e. The maximum Gasteiger partial charge on any atom is 0.303 e. The molecule has 0 unspecified atom stereocenters. The van der Waals surface area contributed by atoms with Gasteiger partial charge in [0.15, 0.2) is 24.6 Å². The monoisotopic (exact) mass is 460 g/mol. The van der Waals surface area contributed by atoms with E-state index in [0.717, 1.165) is 26.3 Å². The van der Waals surface area contributed by atoms with Gasteiger partial charge in [-0.15, -0.1) is 0 Å². The van der Waals surface area contributed by atoms with Crippen LogP contribution in [0.2, 0.25) is 0 Å². The van der Waals surface area contributed by atoms with Crippen LogP contribution in [0.25, 0.3) is 0 Å². The Labute approximate surface area is 179 Å². The minimum atomic E-state index is -4.21. The first-order chi connectivity index (χ1) is 14.4.